The molecule has 0 spiro atoms. The van der Waals surface area contributed by atoms with E-state index in [2.05, 4.69) is 44.9 Å². The molecule has 0 radical (unpaired) electrons. The maximum absolute atomic E-state index is 14.0. The molecule has 6 fully saturated rings. The van der Waals surface area contributed by atoms with Gasteiger partial charge in [0.1, 0.15) is 29.8 Å². The van der Waals surface area contributed by atoms with Crippen molar-refractivity contribution in [3.8, 4) is 11.3 Å². The Bertz CT molecular complexity index is 2010. The number of nitrogens with one attached hydrogen (secondary N) is 4. The lowest BCUT2D eigenvalue weighted by Gasteiger charge is -2.53. The summed E-state index contributed by atoms with van der Waals surface area (Å²) in [6, 6.07) is 7.25. The highest BCUT2D eigenvalue weighted by atomic mass is 16.6. The van der Waals surface area contributed by atoms with Crippen LogP contribution >= 0.6 is 0 Å². The third kappa shape index (κ3) is 8.63. The van der Waals surface area contributed by atoms with Crippen molar-refractivity contribution in [3.05, 3.63) is 59.6 Å². The molecule has 6 aliphatic rings. The number of aromatic nitrogens is 4. The Kier molecular flexibility index (Phi) is 12.5. The maximum atomic E-state index is 14.0. The fourth-order valence-corrected chi connectivity index (χ4v) is 10.8. The summed E-state index contributed by atoms with van der Waals surface area (Å²) in [4.78, 5) is 73.2. The van der Waals surface area contributed by atoms with Crippen molar-refractivity contribution in [1.29, 1.82) is 0 Å². The number of nitrogens with zero attached hydrogens (tertiary/aromatic N) is 4. The molecule has 4 amide bonds. The maximum Gasteiger partial charge on any atom is 0.408 e. The molecule has 61 heavy (non-hydrogen) atoms. The van der Waals surface area contributed by atoms with Gasteiger partial charge in [-0.1, -0.05) is 52.0 Å². The molecular formula is C46H64N8O7. The zero-order chi connectivity index (χ0) is 42.9. The van der Waals surface area contributed by atoms with Crippen LogP contribution in [0.25, 0.3) is 11.3 Å². The first-order valence-corrected chi connectivity index (χ1v) is 22.6. The van der Waals surface area contributed by atoms with Gasteiger partial charge in [0.15, 0.2) is 0 Å². The summed E-state index contributed by atoms with van der Waals surface area (Å²) in [5.41, 5.74) is 4.71. The third-order valence-corrected chi connectivity index (χ3v) is 14.6. The first-order chi connectivity index (χ1) is 29.4. The zero-order valence-electron chi connectivity index (χ0n) is 36.5. The molecule has 2 bridgehead atoms. The molecule has 0 unspecified atom stereocenters. The molecule has 9 rings (SSSR count). The number of benzene rings is 1. The van der Waals surface area contributed by atoms with Crippen molar-refractivity contribution in [3.63, 3.8) is 0 Å². The lowest BCUT2D eigenvalue weighted by atomic mass is 9.51. The van der Waals surface area contributed by atoms with Gasteiger partial charge in [-0.3, -0.25) is 9.59 Å². The highest BCUT2D eigenvalue weighted by Gasteiger charge is 2.51. The molecule has 3 saturated heterocycles. The molecule has 15 heteroatoms. The second kappa shape index (κ2) is 17.8. The number of rotatable bonds is 12. The Morgan fingerprint density at radius 2 is 1.25 bits per heavy atom. The summed E-state index contributed by atoms with van der Waals surface area (Å²) in [7, 11) is 1.30. The first-order valence-electron chi connectivity index (χ1n) is 22.6. The number of hydrogen-bond acceptors (Lipinski definition) is 9. The SMILES string of the molecule is COC(=O)N[C@H](C(=O)N1CCC[C@H]1c1ncc(-c2ccc(C34CCC(c5cnc([C@@H]6CCCN6C(=O)[C@@H](NC(=O)OC6CCOCC6)C(C)C)[nH]5)(CC3)CC4)cc2)[nH]1)C(C)C. The monoisotopic (exact) mass is 840 g/mol. The first kappa shape index (κ1) is 42.8. The van der Waals surface area contributed by atoms with E-state index >= 15 is 0 Å². The standard InChI is InChI=1S/C46H64N8O7/c1-28(2)37(51-43(57)59-5)41(55)53-22-6-8-34(53)39-47-26-33(49-39)30-10-12-31(13-11-30)45-16-19-46(20-17-45,21-18-45)36-27-48-40(50-36)35-9-7-23-54(35)42(56)38(29(3)4)52-44(58)61-32-14-24-60-25-15-32/h10-13,26-29,32,34-35,37-38H,6-9,14-25H2,1-5H3,(H,47,49)(H,48,50)(H,51,57)(H,52,58)/t34-,35-,37-,38-,45?,46?/m0/s1. The molecule has 3 aliphatic carbocycles. The number of likely N-dealkylation sites (tertiary alicyclic amines) is 2. The molecule has 1 aromatic carbocycles. The largest absolute Gasteiger partial charge is 0.453 e. The summed E-state index contributed by atoms with van der Waals surface area (Å²) in [5, 5.41) is 5.61. The van der Waals surface area contributed by atoms with Crippen LogP contribution in [0.15, 0.2) is 36.7 Å². The van der Waals surface area contributed by atoms with Gasteiger partial charge in [0.05, 0.1) is 44.3 Å². The molecule has 3 aliphatic heterocycles. The molecule has 3 saturated carbocycles. The lowest BCUT2D eigenvalue weighted by molar-refractivity contribution is -0.136. The van der Waals surface area contributed by atoms with Gasteiger partial charge in [0.25, 0.3) is 0 Å². The van der Waals surface area contributed by atoms with E-state index in [0.717, 1.165) is 87.1 Å². The fourth-order valence-electron chi connectivity index (χ4n) is 10.8. The van der Waals surface area contributed by atoms with Crippen molar-refractivity contribution in [2.75, 3.05) is 33.4 Å². The van der Waals surface area contributed by atoms with Gasteiger partial charge in [-0.05, 0) is 92.6 Å². The molecule has 330 valence electrons. The van der Waals surface area contributed by atoms with Crippen LogP contribution in [0.5, 0.6) is 0 Å². The van der Waals surface area contributed by atoms with Crippen LogP contribution < -0.4 is 10.6 Å². The summed E-state index contributed by atoms with van der Waals surface area (Å²) < 4.78 is 15.8. The van der Waals surface area contributed by atoms with Crippen LogP contribution in [0.3, 0.4) is 0 Å². The van der Waals surface area contributed by atoms with E-state index in [1.54, 1.807) is 0 Å². The Morgan fingerprint density at radius 3 is 1.80 bits per heavy atom. The van der Waals surface area contributed by atoms with E-state index in [-0.39, 0.29) is 52.7 Å². The van der Waals surface area contributed by atoms with E-state index in [9.17, 15) is 19.2 Å². The Morgan fingerprint density at radius 1 is 0.721 bits per heavy atom. The molecule has 2 aromatic heterocycles. The van der Waals surface area contributed by atoms with Gasteiger partial charge >= 0.3 is 12.2 Å². The number of carbonyl (C=O) groups is 4. The average Bonchev–Trinajstić information content (AvgIpc) is 4.12. The number of amides is 4. The average molecular weight is 841 g/mol. The Labute approximate surface area is 358 Å². The molecule has 4 atom stereocenters. The van der Waals surface area contributed by atoms with Crippen molar-refractivity contribution in [2.45, 2.75) is 146 Å². The third-order valence-electron chi connectivity index (χ3n) is 14.6. The summed E-state index contributed by atoms with van der Waals surface area (Å²) in [6.45, 7) is 10.1. The van der Waals surface area contributed by atoms with Crippen molar-refractivity contribution < 1.29 is 33.4 Å². The van der Waals surface area contributed by atoms with Gasteiger partial charge in [-0.25, -0.2) is 19.6 Å². The van der Waals surface area contributed by atoms with Gasteiger partial charge in [-0.2, -0.15) is 0 Å². The number of methoxy groups -OCH3 is 1. The smallest absolute Gasteiger partial charge is 0.408 e. The van der Waals surface area contributed by atoms with Crippen LogP contribution in [0.2, 0.25) is 0 Å². The Balaban J connectivity index is 0.888. The molecule has 15 nitrogen and oxygen atoms in total. The predicted octanol–water partition coefficient (Wildman–Crippen LogP) is 6.98. The Hall–Kier alpha value is -4.92. The number of carbonyl (C=O) groups excluding carboxylic acids is 4. The van der Waals surface area contributed by atoms with Crippen molar-refractivity contribution in [1.82, 2.24) is 40.4 Å². The number of imidazole rings is 2. The van der Waals surface area contributed by atoms with E-state index in [1.807, 2.05) is 49.9 Å². The number of fused-ring (bicyclic) bond motifs is 3. The summed E-state index contributed by atoms with van der Waals surface area (Å²) >= 11 is 0. The second-order valence-electron chi connectivity index (χ2n) is 18.8. The minimum absolute atomic E-state index is 0.0444. The van der Waals surface area contributed by atoms with Gasteiger partial charge in [-0.15, -0.1) is 0 Å². The number of aromatic amines is 2. The van der Waals surface area contributed by atoms with Crippen LogP contribution in [0, 0.1) is 11.8 Å². The number of H-pyrrole nitrogens is 2. The highest BCUT2D eigenvalue weighted by molar-refractivity contribution is 5.87. The number of alkyl carbamates (subject to hydrolysis) is 2. The van der Waals surface area contributed by atoms with Gasteiger partial charge in [0, 0.05) is 43.2 Å². The lowest BCUT2D eigenvalue weighted by Crippen LogP contribution is -2.51. The zero-order valence-corrected chi connectivity index (χ0v) is 36.5. The van der Waals surface area contributed by atoms with Crippen LogP contribution in [-0.4, -0.2) is 105 Å². The number of ether oxygens (including phenoxy) is 3. The van der Waals surface area contributed by atoms with E-state index < -0.39 is 24.3 Å². The summed E-state index contributed by atoms with van der Waals surface area (Å²) in [5.74, 6) is 1.19. The normalized spacial score (nSPS) is 26.4. The molecule has 5 heterocycles. The van der Waals surface area contributed by atoms with Crippen molar-refractivity contribution >= 4 is 24.0 Å². The van der Waals surface area contributed by atoms with Crippen LogP contribution in [0.1, 0.15) is 140 Å². The predicted molar refractivity (Wildman–Crippen MR) is 227 cm³/mol. The molecule has 4 N–H and O–H groups in total. The fraction of sp³-hybridized carbons (Fsp3) is 0.652. The molecular weight excluding hydrogens is 777 g/mol. The highest BCUT2D eigenvalue weighted by Crippen LogP contribution is 2.58. The molecule has 3 aromatic rings. The van der Waals surface area contributed by atoms with Crippen molar-refractivity contribution in [2.24, 2.45) is 11.8 Å². The summed E-state index contributed by atoms with van der Waals surface area (Å²) in [6.07, 6.45) is 13.8. The van der Waals surface area contributed by atoms with E-state index in [0.29, 0.717) is 39.1 Å². The van der Waals surface area contributed by atoms with Crippen LogP contribution in [-0.2, 0) is 34.6 Å². The second-order valence-corrected chi connectivity index (χ2v) is 18.8. The quantitative estimate of drug-likeness (QED) is 0.149. The minimum Gasteiger partial charge on any atom is -0.453 e. The van der Waals surface area contributed by atoms with Crippen LogP contribution in [0.4, 0.5) is 9.59 Å². The minimum atomic E-state index is -0.682. The van der Waals surface area contributed by atoms with E-state index in [4.69, 9.17) is 24.2 Å². The topological polar surface area (TPSA) is 184 Å². The van der Waals surface area contributed by atoms with E-state index in [1.165, 1.54) is 18.4 Å². The number of hydrogen-bond donors (Lipinski definition) is 4. The van der Waals surface area contributed by atoms with Gasteiger partial charge in [0.2, 0.25) is 11.8 Å². The van der Waals surface area contributed by atoms with Gasteiger partial charge < -0.3 is 44.6 Å².